The zero-order valence-electron chi connectivity index (χ0n) is 15.9. The van der Waals surface area contributed by atoms with E-state index in [4.69, 9.17) is 13.9 Å². The smallest absolute Gasteiger partial charge is 0.277 e. The number of anilines is 1. The van der Waals surface area contributed by atoms with E-state index in [1.165, 1.54) is 11.8 Å². The van der Waals surface area contributed by atoms with Crippen LogP contribution in [0.25, 0.3) is 11.5 Å². The lowest BCUT2D eigenvalue weighted by Crippen LogP contribution is -2.15. The summed E-state index contributed by atoms with van der Waals surface area (Å²) in [6.45, 7) is 2.05. The molecule has 1 amide bonds. The van der Waals surface area contributed by atoms with Crippen LogP contribution >= 0.6 is 11.8 Å². The number of nitrogens with one attached hydrogen (secondary N) is 1. The van der Waals surface area contributed by atoms with Gasteiger partial charge in [-0.3, -0.25) is 4.79 Å². The van der Waals surface area contributed by atoms with Gasteiger partial charge in [-0.1, -0.05) is 36.9 Å². The third-order valence-electron chi connectivity index (χ3n) is 4.00. The number of methoxy groups -OCH3 is 2. The Morgan fingerprint density at radius 2 is 1.82 bits per heavy atom. The lowest BCUT2D eigenvalue weighted by atomic mass is 10.1. The molecule has 0 bridgehead atoms. The average Bonchev–Trinajstić information content (AvgIpc) is 3.21. The van der Waals surface area contributed by atoms with Crippen LogP contribution in [-0.4, -0.2) is 36.1 Å². The van der Waals surface area contributed by atoms with Crippen LogP contribution in [0, 0.1) is 0 Å². The van der Waals surface area contributed by atoms with Gasteiger partial charge in [-0.25, -0.2) is 0 Å². The van der Waals surface area contributed by atoms with Gasteiger partial charge in [-0.2, -0.15) is 0 Å². The van der Waals surface area contributed by atoms with Gasteiger partial charge in [0.25, 0.3) is 5.22 Å². The molecule has 0 fully saturated rings. The highest BCUT2D eigenvalue weighted by Crippen LogP contribution is 2.30. The van der Waals surface area contributed by atoms with Gasteiger partial charge >= 0.3 is 0 Å². The molecule has 3 aromatic rings. The van der Waals surface area contributed by atoms with E-state index in [1.54, 1.807) is 32.4 Å². The summed E-state index contributed by atoms with van der Waals surface area (Å²) in [5, 5.41) is 11.3. The standard InChI is InChI=1S/C20H21N3O4S/c1-4-13-7-5-6-8-17(13)21-18(24)12-28-20-23-22-19(27-20)14-9-15(25-2)11-16(10-14)26-3/h5-11H,4,12H2,1-3H3,(H,21,24). The third kappa shape index (κ3) is 4.83. The molecule has 0 radical (unpaired) electrons. The minimum Gasteiger partial charge on any atom is -0.497 e. The first-order chi connectivity index (χ1) is 13.6. The second-order valence-electron chi connectivity index (χ2n) is 5.82. The van der Waals surface area contributed by atoms with Crippen LogP contribution in [0.5, 0.6) is 11.5 Å². The first-order valence-electron chi connectivity index (χ1n) is 8.70. The number of benzene rings is 2. The van der Waals surface area contributed by atoms with E-state index >= 15 is 0 Å². The molecule has 0 saturated carbocycles. The number of carbonyl (C=O) groups excluding carboxylic acids is 1. The Kier molecular flexibility index (Phi) is 6.54. The highest BCUT2D eigenvalue weighted by molar-refractivity contribution is 7.99. The molecule has 146 valence electrons. The maximum atomic E-state index is 12.2. The first kappa shape index (κ1) is 19.8. The number of thioether (sulfide) groups is 1. The van der Waals surface area contributed by atoms with E-state index in [0.29, 0.717) is 28.2 Å². The molecule has 3 rings (SSSR count). The maximum Gasteiger partial charge on any atom is 0.277 e. The Morgan fingerprint density at radius 1 is 1.11 bits per heavy atom. The van der Waals surface area contributed by atoms with E-state index in [1.807, 2.05) is 31.2 Å². The zero-order chi connectivity index (χ0) is 19.9. The molecule has 0 aliphatic carbocycles. The number of hydrogen-bond donors (Lipinski definition) is 1. The van der Waals surface area contributed by atoms with Crippen molar-refractivity contribution < 1.29 is 18.7 Å². The minimum atomic E-state index is -0.131. The molecule has 0 atom stereocenters. The number of carbonyl (C=O) groups is 1. The van der Waals surface area contributed by atoms with Gasteiger partial charge in [0.2, 0.25) is 11.8 Å². The number of nitrogens with zero attached hydrogens (tertiary/aromatic N) is 2. The highest BCUT2D eigenvalue weighted by atomic mass is 32.2. The topological polar surface area (TPSA) is 86.5 Å². The number of rotatable bonds is 8. The maximum absolute atomic E-state index is 12.2. The quantitative estimate of drug-likeness (QED) is 0.572. The molecule has 0 aliphatic heterocycles. The molecule has 1 N–H and O–H groups in total. The molecule has 0 aliphatic rings. The summed E-state index contributed by atoms with van der Waals surface area (Å²) in [7, 11) is 3.14. The van der Waals surface area contributed by atoms with Crippen molar-refractivity contribution in [1.29, 1.82) is 0 Å². The van der Waals surface area contributed by atoms with E-state index in [0.717, 1.165) is 17.7 Å². The van der Waals surface area contributed by atoms with Crippen molar-refractivity contribution in [3.63, 3.8) is 0 Å². The van der Waals surface area contributed by atoms with Crippen LogP contribution in [0.2, 0.25) is 0 Å². The van der Waals surface area contributed by atoms with Crippen molar-refractivity contribution in [2.24, 2.45) is 0 Å². The normalized spacial score (nSPS) is 10.5. The van der Waals surface area contributed by atoms with Gasteiger partial charge < -0.3 is 19.2 Å². The second-order valence-corrected chi connectivity index (χ2v) is 6.75. The van der Waals surface area contributed by atoms with Crippen molar-refractivity contribution in [1.82, 2.24) is 10.2 Å². The van der Waals surface area contributed by atoms with Crippen molar-refractivity contribution in [3.8, 4) is 23.0 Å². The highest BCUT2D eigenvalue weighted by Gasteiger charge is 2.14. The lowest BCUT2D eigenvalue weighted by Gasteiger charge is -2.08. The molecular weight excluding hydrogens is 378 g/mol. The van der Waals surface area contributed by atoms with Crippen molar-refractivity contribution in [3.05, 3.63) is 48.0 Å². The number of amides is 1. The Hall–Kier alpha value is -3.00. The fourth-order valence-corrected chi connectivity index (χ4v) is 3.14. The van der Waals surface area contributed by atoms with Gasteiger partial charge in [0.05, 0.1) is 20.0 Å². The molecule has 0 spiro atoms. The Labute approximate surface area is 167 Å². The summed E-state index contributed by atoms with van der Waals surface area (Å²) in [4.78, 5) is 12.2. The summed E-state index contributed by atoms with van der Waals surface area (Å²) in [6.07, 6.45) is 0.848. The summed E-state index contributed by atoms with van der Waals surface area (Å²) >= 11 is 1.18. The van der Waals surface area contributed by atoms with Gasteiger partial charge in [-0.05, 0) is 30.2 Å². The minimum absolute atomic E-state index is 0.131. The number of para-hydroxylation sites is 1. The lowest BCUT2D eigenvalue weighted by molar-refractivity contribution is -0.113. The number of aromatic nitrogens is 2. The largest absolute Gasteiger partial charge is 0.497 e. The Bertz CT molecular complexity index is 936. The van der Waals surface area contributed by atoms with E-state index in [9.17, 15) is 4.79 Å². The zero-order valence-corrected chi connectivity index (χ0v) is 16.7. The predicted octanol–water partition coefficient (Wildman–Crippen LogP) is 4.05. The first-order valence-corrected chi connectivity index (χ1v) is 9.69. The SMILES string of the molecule is CCc1ccccc1NC(=O)CSc1nnc(-c2cc(OC)cc(OC)c2)o1. The molecule has 0 saturated heterocycles. The molecular formula is C20H21N3O4S. The van der Waals surface area contributed by atoms with Crippen molar-refractivity contribution in [2.75, 3.05) is 25.3 Å². The fraction of sp³-hybridized carbons (Fsp3) is 0.250. The molecule has 1 heterocycles. The van der Waals surface area contributed by atoms with Gasteiger partial charge in [0.1, 0.15) is 11.5 Å². The van der Waals surface area contributed by atoms with E-state index in [2.05, 4.69) is 15.5 Å². The summed E-state index contributed by atoms with van der Waals surface area (Å²) in [5.74, 6) is 1.61. The van der Waals surface area contributed by atoms with Crippen LogP contribution < -0.4 is 14.8 Å². The summed E-state index contributed by atoms with van der Waals surface area (Å²) < 4.78 is 16.2. The number of hydrogen-bond acceptors (Lipinski definition) is 7. The van der Waals surface area contributed by atoms with E-state index < -0.39 is 0 Å². The molecule has 1 aromatic heterocycles. The monoisotopic (exact) mass is 399 g/mol. The van der Waals surface area contributed by atoms with E-state index in [-0.39, 0.29) is 11.7 Å². The second kappa shape index (κ2) is 9.27. The Balaban J connectivity index is 1.64. The molecule has 8 heteroatoms. The molecule has 0 unspecified atom stereocenters. The van der Waals surface area contributed by atoms with Crippen LogP contribution in [0.1, 0.15) is 12.5 Å². The molecule has 28 heavy (non-hydrogen) atoms. The molecule has 2 aromatic carbocycles. The predicted molar refractivity (Wildman–Crippen MR) is 108 cm³/mol. The van der Waals surface area contributed by atoms with Crippen LogP contribution in [-0.2, 0) is 11.2 Å². The number of aryl methyl sites for hydroxylation is 1. The average molecular weight is 399 g/mol. The van der Waals surface area contributed by atoms with Gasteiger partial charge in [-0.15, -0.1) is 10.2 Å². The summed E-state index contributed by atoms with van der Waals surface area (Å²) in [5.41, 5.74) is 2.59. The van der Waals surface area contributed by atoms with Crippen LogP contribution in [0.3, 0.4) is 0 Å². The molecule has 7 nitrogen and oxygen atoms in total. The van der Waals surface area contributed by atoms with Crippen molar-refractivity contribution >= 4 is 23.4 Å². The van der Waals surface area contributed by atoms with Gasteiger partial charge in [0, 0.05) is 17.3 Å². The van der Waals surface area contributed by atoms with Gasteiger partial charge in [0.15, 0.2) is 0 Å². The number of ether oxygens (including phenoxy) is 2. The third-order valence-corrected chi connectivity index (χ3v) is 4.82. The van der Waals surface area contributed by atoms with Crippen molar-refractivity contribution in [2.45, 2.75) is 18.6 Å². The van der Waals surface area contributed by atoms with Crippen LogP contribution in [0.15, 0.2) is 52.1 Å². The summed E-state index contributed by atoms with van der Waals surface area (Å²) in [6, 6.07) is 13.1. The van der Waals surface area contributed by atoms with Crippen LogP contribution in [0.4, 0.5) is 5.69 Å². The fourth-order valence-electron chi connectivity index (χ4n) is 2.58. The Morgan fingerprint density at radius 3 is 2.50 bits per heavy atom.